The second-order valence-corrected chi connectivity index (χ2v) is 15.8. The molecular weight excluding hydrogens is 773 g/mol. The van der Waals surface area contributed by atoms with E-state index in [1.807, 2.05) is 101 Å². The second kappa shape index (κ2) is 18.5. The van der Waals surface area contributed by atoms with Crippen LogP contribution in [0.25, 0.3) is 0 Å². The first-order valence-electron chi connectivity index (χ1n) is 20.0. The van der Waals surface area contributed by atoms with Crippen LogP contribution in [0.2, 0.25) is 0 Å². The van der Waals surface area contributed by atoms with Crippen LogP contribution in [0.15, 0.2) is 121 Å². The Morgan fingerprint density at radius 3 is 1.80 bits per heavy atom. The van der Waals surface area contributed by atoms with Gasteiger partial charge >= 0.3 is 11.9 Å². The first kappa shape index (κ1) is 43.6. The Labute approximate surface area is 357 Å². The van der Waals surface area contributed by atoms with Crippen molar-refractivity contribution in [3.05, 3.63) is 143 Å². The van der Waals surface area contributed by atoms with Gasteiger partial charge in [-0.15, -0.1) is 0 Å². The summed E-state index contributed by atoms with van der Waals surface area (Å²) in [4.78, 5) is 53.8. The highest BCUT2D eigenvalue weighted by Gasteiger charge is 2.45. The molecule has 0 atom stereocenters. The fourth-order valence-electron chi connectivity index (χ4n) is 8.00. The maximum Gasteiger partial charge on any atom is 0.309 e. The van der Waals surface area contributed by atoms with Crippen molar-refractivity contribution in [2.45, 2.75) is 51.4 Å². The van der Waals surface area contributed by atoms with E-state index in [0.29, 0.717) is 22.9 Å². The first-order chi connectivity index (χ1) is 29.2. The summed E-state index contributed by atoms with van der Waals surface area (Å²) in [6.07, 6.45) is 10.0. The number of ether oxygens (including phenoxy) is 4. The van der Waals surface area contributed by atoms with E-state index in [1.165, 1.54) is 14.2 Å². The Balaban J connectivity index is 1.33. The van der Waals surface area contributed by atoms with Gasteiger partial charge < -0.3 is 34.5 Å². The number of nitrogens with zero attached hydrogens (tertiary/aromatic N) is 2. The molecule has 0 aromatic heterocycles. The van der Waals surface area contributed by atoms with E-state index in [9.17, 15) is 19.2 Å². The Morgan fingerprint density at radius 1 is 0.656 bits per heavy atom. The third kappa shape index (κ3) is 9.44. The quantitative estimate of drug-likeness (QED) is 0.0707. The van der Waals surface area contributed by atoms with Gasteiger partial charge in [0.1, 0.15) is 18.0 Å². The topological polar surface area (TPSA) is 136 Å². The predicted octanol–water partition coefficient (Wildman–Crippen LogP) is 7.58. The lowest BCUT2D eigenvalue weighted by Crippen LogP contribution is -2.33. The van der Waals surface area contributed by atoms with Gasteiger partial charge in [-0.2, -0.15) is 4.58 Å². The molecule has 0 unspecified atom stereocenters. The third-order valence-corrected chi connectivity index (χ3v) is 11.2. The summed E-state index contributed by atoms with van der Waals surface area (Å²) in [5, 5.41) is 6.00. The highest BCUT2D eigenvalue weighted by atomic mass is 16.5. The number of rotatable bonds is 15. The molecule has 2 heterocycles. The van der Waals surface area contributed by atoms with E-state index in [2.05, 4.69) is 38.3 Å². The van der Waals surface area contributed by atoms with Gasteiger partial charge in [0.05, 0.1) is 58.1 Å². The number of allylic oxidation sites excluding steroid dienone is 6. The van der Waals surface area contributed by atoms with Gasteiger partial charge in [0.25, 0.3) is 5.91 Å². The smallest absolute Gasteiger partial charge is 0.309 e. The van der Waals surface area contributed by atoms with Crippen molar-refractivity contribution in [2.24, 2.45) is 0 Å². The van der Waals surface area contributed by atoms with Crippen molar-refractivity contribution in [1.82, 2.24) is 0 Å². The molecule has 0 fully saturated rings. The summed E-state index contributed by atoms with van der Waals surface area (Å²) in [5.74, 6) is -0.0220. The van der Waals surface area contributed by atoms with Crippen molar-refractivity contribution < 1.29 is 42.7 Å². The van der Waals surface area contributed by atoms with Crippen LogP contribution in [-0.2, 0) is 52.3 Å². The maximum absolute atomic E-state index is 13.7. The fraction of sp³-hybridized carbons (Fsp3) is 0.286. The first-order valence-corrected chi connectivity index (χ1v) is 20.0. The lowest BCUT2D eigenvalue weighted by atomic mass is 9.80. The summed E-state index contributed by atoms with van der Waals surface area (Å²) < 4.78 is 22.8. The molecule has 0 spiro atoms. The van der Waals surface area contributed by atoms with Crippen molar-refractivity contribution in [2.75, 3.05) is 57.1 Å². The van der Waals surface area contributed by atoms with Gasteiger partial charge in [0.2, 0.25) is 18.1 Å². The highest BCUT2D eigenvalue weighted by Crippen LogP contribution is 2.48. The van der Waals surface area contributed by atoms with Gasteiger partial charge in [-0.3, -0.25) is 19.2 Å². The van der Waals surface area contributed by atoms with Crippen LogP contribution < -0.4 is 25.0 Å². The zero-order chi connectivity index (χ0) is 43.9. The van der Waals surface area contributed by atoms with E-state index in [0.717, 1.165) is 45.0 Å². The molecule has 0 saturated carbocycles. The van der Waals surface area contributed by atoms with E-state index in [1.54, 1.807) is 38.5 Å². The normalized spacial score (nSPS) is 15.5. The van der Waals surface area contributed by atoms with E-state index >= 15 is 0 Å². The molecule has 0 bridgehead atoms. The minimum absolute atomic E-state index is 0.0224. The summed E-state index contributed by atoms with van der Waals surface area (Å²) >= 11 is 0. The van der Waals surface area contributed by atoms with Crippen LogP contribution in [0.5, 0.6) is 11.5 Å². The summed E-state index contributed by atoms with van der Waals surface area (Å²) in [6.45, 7) is 8.43. The third-order valence-electron chi connectivity index (χ3n) is 11.2. The number of benzene rings is 4. The number of carbonyl (C=O) groups excluding carboxylic acids is 4. The standard InChI is InChI=1S/C49H52N4O8/c1-48(2)34-26-32(28-46(56)60-7)22-24-38(34)52(30-44(54)50-36-16-12-14-18-40(36)58-5)42(48)20-10-9-11-21-43-49(3,4)35-27-33(29-47(57)61-8)23-25-39(35)53(43)31-45(55)51-37-17-13-15-19-41(37)59-6/h9-27H,28-31H2,1-8H3,(H-,50,51,54,55)/p+1. The average molecular weight is 826 g/mol. The van der Waals surface area contributed by atoms with Gasteiger partial charge in [-0.05, 0) is 73.0 Å². The molecule has 0 saturated heterocycles. The number of amides is 2. The zero-order valence-electron chi connectivity index (χ0n) is 36.0. The predicted molar refractivity (Wildman–Crippen MR) is 237 cm³/mol. The molecule has 316 valence electrons. The van der Waals surface area contributed by atoms with Crippen LogP contribution in [0.3, 0.4) is 0 Å². The number of anilines is 3. The SMILES string of the molecule is COC(=O)Cc1ccc2c(c1)C(C)(C)C(/C=C/C=C/C=C1/N(CC(=O)Nc3ccccc3OC)c3ccc(CC(=O)OC)cc3C1(C)C)=[N+]2CC(=O)Nc1ccccc1OC. The Bertz CT molecular complexity index is 2480. The Hall–Kier alpha value is -6.95. The number of carbonyl (C=O) groups is 4. The number of nitrogens with one attached hydrogen (secondary N) is 2. The molecular formula is C49H53N4O8+. The lowest BCUT2D eigenvalue weighted by Gasteiger charge is -2.26. The number of hydrogen-bond acceptors (Lipinski definition) is 9. The largest absolute Gasteiger partial charge is 0.495 e. The van der Waals surface area contributed by atoms with Crippen molar-refractivity contribution in [3.8, 4) is 11.5 Å². The lowest BCUT2D eigenvalue weighted by molar-refractivity contribution is -0.424. The number of para-hydroxylation sites is 4. The van der Waals surface area contributed by atoms with Crippen molar-refractivity contribution >= 4 is 52.2 Å². The minimum Gasteiger partial charge on any atom is -0.495 e. The van der Waals surface area contributed by atoms with Crippen LogP contribution in [0.4, 0.5) is 22.7 Å². The molecule has 2 aliphatic rings. The molecule has 0 radical (unpaired) electrons. The molecule has 2 amide bonds. The van der Waals surface area contributed by atoms with E-state index < -0.39 is 10.8 Å². The maximum atomic E-state index is 13.7. The number of hydrogen-bond donors (Lipinski definition) is 2. The molecule has 2 aliphatic heterocycles. The monoisotopic (exact) mass is 825 g/mol. The highest BCUT2D eigenvalue weighted by molar-refractivity contribution is 6.04. The Morgan fingerprint density at radius 2 is 1.21 bits per heavy atom. The Kier molecular flexibility index (Phi) is 13.3. The summed E-state index contributed by atoms with van der Waals surface area (Å²) in [6, 6.07) is 26.2. The van der Waals surface area contributed by atoms with Crippen LogP contribution in [0, 0.1) is 0 Å². The van der Waals surface area contributed by atoms with Crippen LogP contribution >= 0.6 is 0 Å². The molecule has 6 rings (SSSR count). The molecule has 12 nitrogen and oxygen atoms in total. The van der Waals surface area contributed by atoms with Crippen LogP contribution in [-0.4, -0.2) is 75.6 Å². The molecule has 61 heavy (non-hydrogen) atoms. The van der Waals surface area contributed by atoms with Gasteiger partial charge in [0.15, 0.2) is 5.71 Å². The molecule has 2 N–H and O–H groups in total. The second-order valence-electron chi connectivity index (χ2n) is 15.8. The summed E-state index contributed by atoms with van der Waals surface area (Å²) in [7, 11) is 5.86. The van der Waals surface area contributed by atoms with Gasteiger partial charge in [0, 0.05) is 34.5 Å². The minimum atomic E-state index is -0.544. The van der Waals surface area contributed by atoms with Gasteiger partial charge in [-0.25, -0.2) is 0 Å². The average Bonchev–Trinajstić information content (AvgIpc) is 3.57. The van der Waals surface area contributed by atoms with E-state index in [-0.39, 0.29) is 49.7 Å². The number of fused-ring (bicyclic) bond motifs is 2. The van der Waals surface area contributed by atoms with Crippen LogP contribution in [0.1, 0.15) is 49.9 Å². The van der Waals surface area contributed by atoms with E-state index in [4.69, 9.17) is 18.9 Å². The summed E-state index contributed by atoms with van der Waals surface area (Å²) in [5.41, 5.74) is 7.11. The molecule has 12 heteroatoms. The molecule has 0 aliphatic carbocycles. The zero-order valence-corrected chi connectivity index (χ0v) is 36.0. The fourth-order valence-corrected chi connectivity index (χ4v) is 8.00. The molecule has 4 aromatic carbocycles. The van der Waals surface area contributed by atoms with Crippen molar-refractivity contribution in [3.63, 3.8) is 0 Å². The molecule has 4 aromatic rings. The number of esters is 2. The van der Waals surface area contributed by atoms with Gasteiger partial charge in [-0.1, -0.05) is 74.5 Å². The number of methoxy groups -OCH3 is 4. The van der Waals surface area contributed by atoms with Crippen molar-refractivity contribution in [1.29, 1.82) is 0 Å².